The number of rotatable bonds is 4. The number of piperidine rings is 1. The molecule has 3 rings (SSSR count). The van der Waals surface area contributed by atoms with Gasteiger partial charge in [0, 0.05) is 25.8 Å². The molecule has 1 aromatic heterocycles. The molecule has 0 atom stereocenters. The molecule has 0 unspecified atom stereocenters. The number of nitrogens with zero attached hydrogens (tertiary/aromatic N) is 2. The summed E-state index contributed by atoms with van der Waals surface area (Å²) in [6.07, 6.45) is 3.91. The minimum atomic E-state index is -0.213. The highest BCUT2D eigenvalue weighted by Crippen LogP contribution is 2.22. The second-order valence-corrected chi connectivity index (χ2v) is 6.34. The fourth-order valence-corrected chi connectivity index (χ4v) is 3.06. The van der Waals surface area contributed by atoms with Crippen molar-refractivity contribution in [2.45, 2.75) is 12.8 Å². The van der Waals surface area contributed by atoms with Crippen molar-refractivity contribution < 1.29 is 4.79 Å². The molecule has 1 aromatic carbocycles. The predicted octanol–water partition coefficient (Wildman–Crippen LogP) is 3.77. The molecule has 1 saturated heterocycles. The molecular weight excluding hydrogens is 324 g/mol. The summed E-state index contributed by atoms with van der Waals surface area (Å²) in [4.78, 5) is 18.7. The number of para-hydroxylation sites is 1. The smallest absolute Gasteiger partial charge is 0.319 e. The van der Waals surface area contributed by atoms with Crippen molar-refractivity contribution in [3.8, 4) is 0 Å². The van der Waals surface area contributed by atoms with E-state index in [9.17, 15) is 4.79 Å². The van der Waals surface area contributed by atoms with Gasteiger partial charge in [-0.25, -0.2) is 9.78 Å². The van der Waals surface area contributed by atoms with Crippen LogP contribution in [-0.4, -0.2) is 30.6 Å². The maximum Gasteiger partial charge on any atom is 0.319 e. The van der Waals surface area contributed by atoms with Crippen molar-refractivity contribution in [3.63, 3.8) is 0 Å². The Morgan fingerprint density at radius 1 is 1.17 bits per heavy atom. The van der Waals surface area contributed by atoms with Crippen LogP contribution in [0.5, 0.6) is 0 Å². The number of halogens is 1. The fraction of sp³-hybridized carbons (Fsp3) is 0.333. The van der Waals surface area contributed by atoms with Gasteiger partial charge >= 0.3 is 6.03 Å². The fourth-order valence-electron chi connectivity index (χ4n) is 2.87. The van der Waals surface area contributed by atoms with E-state index in [-0.39, 0.29) is 6.03 Å². The highest BCUT2D eigenvalue weighted by molar-refractivity contribution is 6.33. The number of hydrogen-bond acceptors (Lipinski definition) is 3. The quantitative estimate of drug-likeness (QED) is 0.887. The van der Waals surface area contributed by atoms with Gasteiger partial charge < -0.3 is 15.5 Å². The molecule has 1 aliphatic heterocycles. The molecule has 2 amide bonds. The second kappa shape index (κ2) is 8.02. The molecule has 24 heavy (non-hydrogen) atoms. The van der Waals surface area contributed by atoms with E-state index in [1.165, 1.54) is 0 Å². The zero-order valence-electron chi connectivity index (χ0n) is 13.4. The first-order valence-electron chi connectivity index (χ1n) is 8.18. The van der Waals surface area contributed by atoms with Crippen LogP contribution in [0.25, 0.3) is 0 Å². The van der Waals surface area contributed by atoms with Crippen LogP contribution in [0.1, 0.15) is 12.8 Å². The van der Waals surface area contributed by atoms with E-state index in [2.05, 4.69) is 20.5 Å². The Hall–Kier alpha value is -2.27. The normalized spacial score (nSPS) is 15.1. The number of aromatic nitrogens is 1. The first-order chi connectivity index (χ1) is 11.7. The van der Waals surface area contributed by atoms with Crippen molar-refractivity contribution >= 4 is 29.1 Å². The van der Waals surface area contributed by atoms with Crippen LogP contribution < -0.4 is 15.5 Å². The van der Waals surface area contributed by atoms with Gasteiger partial charge in [0.15, 0.2) is 0 Å². The van der Waals surface area contributed by atoms with E-state index in [0.29, 0.717) is 23.2 Å². The molecule has 6 heteroatoms. The second-order valence-electron chi connectivity index (χ2n) is 5.93. The predicted molar refractivity (Wildman–Crippen MR) is 97.6 cm³/mol. The average molecular weight is 345 g/mol. The molecule has 0 spiro atoms. The first-order valence-corrected chi connectivity index (χ1v) is 8.55. The molecule has 0 saturated carbocycles. The number of pyridine rings is 1. The Morgan fingerprint density at radius 3 is 2.62 bits per heavy atom. The first kappa shape index (κ1) is 16.6. The van der Waals surface area contributed by atoms with Crippen molar-refractivity contribution in [1.29, 1.82) is 0 Å². The lowest BCUT2D eigenvalue weighted by atomic mass is 9.97. The van der Waals surface area contributed by atoms with E-state index >= 15 is 0 Å². The van der Waals surface area contributed by atoms with Gasteiger partial charge in [-0.05, 0) is 43.0 Å². The monoisotopic (exact) mass is 344 g/mol. The van der Waals surface area contributed by atoms with Gasteiger partial charge in [-0.3, -0.25) is 0 Å². The third-order valence-corrected chi connectivity index (χ3v) is 4.59. The summed E-state index contributed by atoms with van der Waals surface area (Å²) in [5.74, 6) is 1.52. The zero-order chi connectivity index (χ0) is 16.8. The van der Waals surface area contributed by atoms with Crippen molar-refractivity contribution in [2.75, 3.05) is 29.9 Å². The third-order valence-electron chi connectivity index (χ3n) is 4.26. The number of benzene rings is 1. The van der Waals surface area contributed by atoms with Gasteiger partial charge in [0.25, 0.3) is 0 Å². The largest absolute Gasteiger partial charge is 0.357 e. The summed E-state index contributed by atoms with van der Waals surface area (Å²) in [5, 5.41) is 6.26. The van der Waals surface area contributed by atoms with Crippen LogP contribution in [0.3, 0.4) is 0 Å². The Bertz CT molecular complexity index is 672. The summed E-state index contributed by atoms with van der Waals surface area (Å²) in [6, 6.07) is 13.0. The number of anilines is 2. The molecular formula is C18H21ClN4O. The Balaban J connectivity index is 1.42. The molecule has 0 bridgehead atoms. The van der Waals surface area contributed by atoms with E-state index < -0.39 is 0 Å². The van der Waals surface area contributed by atoms with Gasteiger partial charge in [0.1, 0.15) is 5.82 Å². The van der Waals surface area contributed by atoms with Gasteiger partial charge in [0.05, 0.1) is 10.7 Å². The maximum atomic E-state index is 12.0. The van der Waals surface area contributed by atoms with Gasteiger partial charge in [-0.15, -0.1) is 0 Å². The van der Waals surface area contributed by atoms with E-state index in [1.807, 2.05) is 36.5 Å². The van der Waals surface area contributed by atoms with Gasteiger partial charge in [-0.1, -0.05) is 29.8 Å². The van der Waals surface area contributed by atoms with Crippen molar-refractivity contribution in [1.82, 2.24) is 10.3 Å². The number of amides is 2. The van der Waals surface area contributed by atoms with Crippen LogP contribution in [0.4, 0.5) is 16.3 Å². The lowest BCUT2D eigenvalue weighted by Crippen LogP contribution is -2.40. The Labute approximate surface area is 147 Å². The minimum Gasteiger partial charge on any atom is -0.357 e. The van der Waals surface area contributed by atoms with Crippen LogP contribution in [0.2, 0.25) is 5.02 Å². The van der Waals surface area contributed by atoms with Crippen molar-refractivity contribution in [2.24, 2.45) is 5.92 Å². The molecule has 2 aromatic rings. The molecule has 0 radical (unpaired) electrons. The van der Waals surface area contributed by atoms with E-state index in [0.717, 1.165) is 31.7 Å². The topological polar surface area (TPSA) is 57.3 Å². The van der Waals surface area contributed by atoms with Crippen LogP contribution in [0, 0.1) is 5.92 Å². The van der Waals surface area contributed by atoms with Crippen molar-refractivity contribution in [3.05, 3.63) is 53.7 Å². The highest BCUT2D eigenvalue weighted by atomic mass is 35.5. The van der Waals surface area contributed by atoms with Gasteiger partial charge in [-0.2, -0.15) is 0 Å². The lowest BCUT2D eigenvalue weighted by molar-refractivity contribution is 0.248. The lowest BCUT2D eigenvalue weighted by Gasteiger charge is -2.32. The van der Waals surface area contributed by atoms with E-state index in [4.69, 9.17) is 11.6 Å². The van der Waals surface area contributed by atoms with E-state index in [1.54, 1.807) is 12.1 Å². The number of carbonyl (C=O) groups excluding carboxylic acids is 1. The number of urea groups is 1. The molecule has 126 valence electrons. The maximum absolute atomic E-state index is 12.0. The molecule has 1 fully saturated rings. The number of hydrogen-bond donors (Lipinski definition) is 2. The SMILES string of the molecule is O=C(NCC1CCN(c2ccccn2)CC1)Nc1ccccc1Cl. The minimum absolute atomic E-state index is 0.213. The van der Waals surface area contributed by atoms with Crippen LogP contribution in [0.15, 0.2) is 48.7 Å². The third kappa shape index (κ3) is 4.38. The summed E-state index contributed by atoms with van der Waals surface area (Å²) in [5.41, 5.74) is 0.627. The molecule has 2 heterocycles. The van der Waals surface area contributed by atoms with Crippen LogP contribution in [-0.2, 0) is 0 Å². The molecule has 0 aliphatic carbocycles. The summed E-state index contributed by atoms with van der Waals surface area (Å²) in [6.45, 7) is 2.61. The molecule has 1 aliphatic rings. The summed E-state index contributed by atoms with van der Waals surface area (Å²) < 4.78 is 0. The molecule has 5 nitrogen and oxygen atoms in total. The number of carbonyl (C=O) groups is 1. The Morgan fingerprint density at radius 2 is 1.92 bits per heavy atom. The summed E-state index contributed by atoms with van der Waals surface area (Å²) in [7, 11) is 0. The van der Waals surface area contributed by atoms with Crippen LogP contribution >= 0.6 is 11.6 Å². The Kier molecular flexibility index (Phi) is 5.54. The zero-order valence-corrected chi connectivity index (χ0v) is 14.2. The molecule has 2 N–H and O–H groups in total. The highest BCUT2D eigenvalue weighted by Gasteiger charge is 2.20. The number of nitrogens with one attached hydrogen (secondary N) is 2. The summed E-state index contributed by atoms with van der Waals surface area (Å²) >= 11 is 6.04. The average Bonchev–Trinajstić information content (AvgIpc) is 2.63. The standard InChI is InChI=1S/C18H21ClN4O/c19-15-5-1-2-6-16(15)22-18(24)21-13-14-8-11-23(12-9-14)17-7-3-4-10-20-17/h1-7,10,14H,8-9,11-13H2,(H2,21,22,24). The van der Waals surface area contributed by atoms with Gasteiger partial charge in [0.2, 0.25) is 0 Å².